The highest BCUT2D eigenvalue weighted by molar-refractivity contribution is 6.24. The number of nitrogens with zero attached hydrogens (tertiary/aromatic N) is 3. The Bertz CT molecular complexity index is 1090. The molecule has 2 atom stereocenters. The van der Waals surface area contributed by atoms with Crippen molar-refractivity contribution < 1.29 is 14.4 Å². The van der Waals surface area contributed by atoms with Crippen LogP contribution < -0.4 is 5.32 Å². The number of benzene rings is 1. The minimum atomic E-state index is -0.367. The maximum Gasteiger partial charge on any atom is 0.261 e. The number of fused-ring (bicyclic) bond motifs is 1. The first-order chi connectivity index (χ1) is 15.3. The van der Waals surface area contributed by atoms with Crippen molar-refractivity contribution in [3.05, 3.63) is 47.8 Å². The lowest BCUT2D eigenvalue weighted by Crippen LogP contribution is -2.57. The van der Waals surface area contributed by atoms with Gasteiger partial charge in [-0.1, -0.05) is 12.1 Å². The third-order valence-electron chi connectivity index (χ3n) is 7.79. The second-order valence-electron chi connectivity index (χ2n) is 10.1. The number of hydrogen-bond acceptors (Lipinski definition) is 4. The van der Waals surface area contributed by atoms with Gasteiger partial charge in [-0.25, -0.2) is 0 Å². The molecule has 2 aromatic rings. The van der Waals surface area contributed by atoms with Gasteiger partial charge in [-0.3, -0.25) is 24.0 Å². The van der Waals surface area contributed by atoms with Crippen LogP contribution in [0.5, 0.6) is 0 Å². The monoisotopic (exact) mass is 452 g/mol. The van der Waals surface area contributed by atoms with E-state index in [1.165, 1.54) is 11.3 Å². The maximum atomic E-state index is 13.3. The van der Waals surface area contributed by atoms with Gasteiger partial charge in [0.25, 0.3) is 11.8 Å². The van der Waals surface area contributed by atoms with Crippen LogP contribution in [-0.2, 0) is 11.3 Å². The van der Waals surface area contributed by atoms with E-state index in [0.29, 0.717) is 35.2 Å². The fourth-order valence-corrected chi connectivity index (χ4v) is 7.57. The number of hydrogen-bond donors (Lipinski definition) is 1. The predicted octanol–water partition coefficient (Wildman–Crippen LogP) is 3.70. The Morgan fingerprint density at radius 2 is 1.72 bits per heavy atom. The molecule has 1 aliphatic heterocycles. The Hall–Kier alpha value is -2.67. The van der Waals surface area contributed by atoms with Crippen molar-refractivity contribution in [1.29, 1.82) is 0 Å². The van der Waals surface area contributed by atoms with Crippen LogP contribution in [-0.4, -0.2) is 43.8 Å². The summed E-state index contributed by atoms with van der Waals surface area (Å²) in [6, 6.07) is 6.86. The molecule has 7 nitrogen and oxygen atoms in total. The SMILES string of the molecule is O=C1c2ccccc2C(=O)N1CCn1cc(NC(=O)C23CC4CC(CC(Cl)(C4)C2)C3)cn1. The van der Waals surface area contributed by atoms with E-state index in [2.05, 4.69) is 10.4 Å². The third kappa shape index (κ3) is 3.09. The molecule has 1 N–H and O–H groups in total. The van der Waals surface area contributed by atoms with E-state index in [9.17, 15) is 14.4 Å². The van der Waals surface area contributed by atoms with Crippen LogP contribution in [0.4, 0.5) is 5.69 Å². The number of amides is 3. The lowest BCUT2D eigenvalue weighted by atomic mass is 9.49. The molecule has 3 amide bonds. The molecule has 4 aliphatic carbocycles. The van der Waals surface area contributed by atoms with Crippen LogP contribution in [0.1, 0.15) is 59.2 Å². The van der Waals surface area contributed by atoms with Crippen molar-refractivity contribution in [2.24, 2.45) is 17.3 Å². The average molecular weight is 453 g/mol. The highest BCUT2D eigenvalue weighted by Gasteiger charge is 2.60. The Balaban J connectivity index is 1.11. The molecule has 0 saturated heterocycles. The van der Waals surface area contributed by atoms with Gasteiger partial charge in [0, 0.05) is 17.6 Å². The van der Waals surface area contributed by atoms with E-state index in [1.54, 1.807) is 41.3 Å². The zero-order chi connectivity index (χ0) is 22.1. The number of nitrogens with one attached hydrogen (secondary N) is 1. The van der Waals surface area contributed by atoms with Crippen molar-refractivity contribution in [2.45, 2.75) is 49.9 Å². The minimum Gasteiger partial charge on any atom is -0.323 e. The van der Waals surface area contributed by atoms with Gasteiger partial charge in [0.15, 0.2) is 0 Å². The van der Waals surface area contributed by atoms with Crippen LogP contribution in [0.2, 0.25) is 0 Å². The van der Waals surface area contributed by atoms with Gasteiger partial charge >= 0.3 is 0 Å². The van der Waals surface area contributed by atoms with Crippen LogP contribution in [0.15, 0.2) is 36.7 Å². The quantitative estimate of drug-likeness (QED) is 0.553. The van der Waals surface area contributed by atoms with Gasteiger partial charge in [-0.2, -0.15) is 5.10 Å². The molecule has 32 heavy (non-hydrogen) atoms. The number of carbonyl (C=O) groups is 3. The standard InChI is InChI=1S/C24H25ClN4O3/c25-24-10-15-7-16(11-24)9-23(8-15,14-24)22(32)27-17-12-26-28(13-17)5-6-29-20(30)18-3-1-2-4-19(18)21(29)31/h1-4,12-13,15-16H,5-11,14H2,(H,27,32). The molecule has 0 spiro atoms. The highest BCUT2D eigenvalue weighted by Crippen LogP contribution is 2.64. The molecule has 2 unspecified atom stereocenters. The molecular formula is C24H25ClN4O3. The lowest BCUT2D eigenvalue weighted by molar-refractivity contribution is -0.138. The number of aromatic nitrogens is 2. The second-order valence-corrected chi connectivity index (χ2v) is 10.9. The van der Waals surface area contributed by atoms with Crippen molar-refractivity contribution in [3.8, 4) is 0 Å². The number of imide groups is 1. The van der Waals surface area contributed by atoms with E-state index < -0.39 is 0 Å². The molecule has 1 aromatic carbocycles. The third-order valence-corrected chi connectivity index (χ3v) is 8.24. The van der Waals surface area contributed by atoms with Gasteiger partial charge in [0.2, 0.25) is 5.91 Å². The highest BCUT2D eigenvalue weighted by atomic mass is 35.5. The van der Waals surface area contributed by atoms with Gasteiger partial charge in [0.05, 0.1) is 35.0 Å². The molecule has 1 aromatic heterocycles. The van der Waals surface area contributed by atoms with Gasteiger partial charge in [0.1, 0.15) is 0 Å². The smallest absolute Gasteiger partial charge is 0.261 e. The first-order valence-corrected chi connectivity index (χ1v) is 11.7. The van der Waals surface area contributed by atoms with E-state index in [0.717, 1.165) is 32.1 Å². The molecule has 4 fully saturated rings. The predicted molar refractivity (Wildman–Crippen MR) is 118 cm³/mol. The minimum absolute atomic E-state index is 0.0523. The second kappa shape index (κ2) is 6.91. The fourth-order valence-electron chi connectivity index (χ4n) is 6.88. The number of halogens is 1. The molecule has 7 rings (SSSR count). The molecule has 4 saturated carbocycles. The Labute approximate surface area is 191 Å². The van der Waals surface area contributed by atoms with Gasteiger partial charge in [-0.15, -0.1) is 11.6 Å². The van der Waals surface area contributed by atoms with E-state index in [1.807, 2.05) is 0 Å². The number of carbonyl (C=O) groups excluding carboxylic acids is 3. The van der Waals surface area contributed by atoms with Crippen molar-refractivity contribution in [3.63, 3.8) is 0 Å². The molecule has 2 heterocycles. The molecular weight excluding hydrogens is 428 g/mol. The average Bonchev–Trinajstić information content (AvgIpc) is 3.28. The van der Waals surface area contributed by atoms with E-state index in [4.69, 9.17) is 11.6 Å². The molecule has 5 aliphatic rings. The summed E-state index contributed by atoms with van der Waals surface area (Å²) in [5.74, 6) is 0.617. The topological polar surface area (TPSA) is 84.3 Å². The first kappa shape index (κ1) is 20.0. The maximum absolute atomic E-state index is 13.3. The molecule has 4 bridgehead atoms. The van der Waals surface area contributed by atoms with E-state index in [-0.39, 0.29) is 34.6 Å². The summed E-state index contributed by atoms with van der Waals surface area (Å²) in [5.41, 5.74) is 1.16. The van der Waals surface area contributed by atoms with Crippen molar-refractivity contribution in [2.75, 3.05) is 11.9 Å². The zero-order valence-electron chi connectivity index (χ0n) is 17.7. The number of alkyl halides is 1. The summed E-state index contributed by atoms with van der Waals surface area (Å²) in [5, 5.41) is 7.38. The normalized spacial score (nSPS) is 32.5. The number of anilines is 1. The Morgan fingerprint density at radius 1 is 1.06 bits per heavy atom. The first-order valence-electron chi connectivity index (χ1n) is 11.3. The summed E-state index contributed by atoms with van der Waals surface area (Å²) < 4.78 is 1.65. The Kier molecular flexibility index (Phi) is 4.31. The summed E-state index contributed by atoms with van der Waals surface area (Å²) in [7, 11) is 0. The van der Waals surface area contributed by atoms with E-state index >= 15 is 0 Å². The Morgan fingerprint density at radius 3 is 2.34 bits per heavy atom. The summed E-state index contributed by atoms with van der Waals surface area (Å²) in [6.07, 6.45) is 9.28. The zero-order valence-corrected chi connectivity index (χ0v) is 18.5. The van der Waals surface area contributed by atoms with Crippen molar-refractivity contribution >= 4 is 35.0 Å². The van der Waals surface area contributed by atoms with Crippen LogP contribution >= 0.6 is 11.6 Å². The van der Waals surface area contributed by atoms with Crippen LogP contribution in [0.25, 0.3) is 0 Å². The van der Waals surface area contributed by atoms with Gasteiger partial charge in [-0.05, 0) is 62.5 Å². The largest absolute Gasteiger partial charge is 0.323 e. The fraction of sp³-hybridized carbons (Fsp3) is 0.500. The molecule has 166 valence electrons. The summed E-state index contributed by atoms with van der Waals surface area (Å²) >= 11 is 6.88. The summed E-state index contributed by atoms with van der Waals surface area (Å²) in [4.78, 5) is 39.4. The lowest BCUT2D eigenvalue weighted by Gasteiger charge is -2.59. The van der Waals surface area contributed by atoms with Crippen LogP contribution in [0, 0.1) is 17.3 Å². The van der Waals surface area contributed by atoms with Crippen LogP contribution in [0.3, 0.4) is 0 Å². The molecule has 0 radical (unpaired) electrons. The number of rotatable bonds is 5. The summed E-state index contributed by atoms with van der Waals surface area (Å²) in [6.45, 7) is 0.588. The van der Waals surface area contributed by atoms with Crippen molar-refractivity contribution in [1.82, 2.24) is 14.7 Å². The van der Waals surface area contributed by atoms with Gasteiger partial charge < -0.3 is 5.32 Å². The molecule has 8 heteroatoms.